The molecule has 1 aliphatic heterocycles. The zero-order valence-corrected chi connectivity index (χ0v) is 11.5. The second-order valence-electron chi connectivity index (χ2n) is 4.38. The maximum absolute atomic E-state index is 12.0. The van der Waals surface area contributed by atoms with Crippen molar-refractivity contribution < 1.29 is 29.0 Å². The van der Waals surface area contributed by atoms with Crippen molar-refractivity contribution in [2.75, 3.05) is 13.7 Å². The zero-order valence-electron chi connectivity index (χ0n) is 11.5. The lowest BCUT2D eigenvalue weighted by Gasteiger charge is -2.22. The van der Waals surface area contributed by atoms with Crippen LogP contribution in [0.2, 0.25) is 0 Å². The molecule has 1 saturated heterocycles. The van der Waals surface area contributed by atoms with Gasteiger partial charge >= 0.3 is 6.03 Å². The summed E-state index contributed by atoms with van der Waals surface area (Å²) in [5.41, 5.74) is 0.0663. The number of likely N-dealkylation sites (N-methyl/N-ethyl adjacent to an activating group) is 1. The number of para-hydroxylation sites is 1. The molecule has 0 radical (unpaired) electrons. The smallest absolute Gasteiger partial charge is 0.331 e. The van der Waals surface area contributed by atoms with Gasteiger partial charge in [-0.2, -0.15) is 0 Å². The minimum absolute atomic E-state index is 0.166. The number of hydrogen-bond donors (Lipinski definition) is 1. The van der Waals surface area contributed by atoms with E-state index in [0.717, 1.165) is 4.90 Å². The minimum Gasteiger partial charge on any atom is -0.546 e. The number of nitrogens with one attached hydrogen (secondary N) is 1. The van der Waals surface area contributed by atoms with Gasteiger partial charge in [-0.05, 0) is 12.1 Å². The number of carbonyl (C=O) groups is 4. The van der Waals surface area contributed by atoms with Crippen LogP contribution in [0.15, 0.2) is 29.8 Å². The Kier molecular flexibility index (Phi) is 4.21. The number of amides is 4. The summed E-state index contributed by atoms with van der Waals surface area (Å²) in [6.45, 7) is -0.668. The van der Waals surface area contributed by atoms with E-state index in [2.05, 4.69) is 0 Å². The van der Waals surface area contributed by atoms with Crippen LogP contribution < -0.4 is 15.2 Å². The normalized spacial score (nSPS) is 16.7. The van der Waals surface area contributed by atoms with E-state index in [1.54, 1.807) is 12.1 Å². The van der Waals surface area contributed by atoms with E-state index >= 15 is 0 Å². The molecule has 0 aliphatic carbocycles. The molecule has 1 aliphatic rings. The van der Waals surface area contributed by atoms with Gasteiger partial charge in [0.1, 0.15) is 17.9 Å². The Hall–Kier alpha value is -3.16. The predicted molar refractivity (Wildman–Crippen MR) is 71.2 cm³/mol. The number of carboxylic acid groups (broad SMARTS) is 1. The molecule has 0 unspecified atom stereocenters. The third kappa shape index (κ3) is 3.11. The number of carbonyl (C=O) groups excluding carboxylic acids is 4. The molecule has 0 bridgehead atoms. The number of aliphatic carboxylic acids is 1. The number of benzene rings is 1. The van der Waals surface area contributed by atoms with Gasteiger partial charge < -0.3 is 14.6 Å². The second-order valence-corrected chi connectivity index (χ2v) is 4.38. The van der Waals surface area contributed by atoms with Crippen LogP contribution in [0.25, 0.3) is 6.08 Å². The van der Waals surface area contributed by atoms with Crippen LogP contribution in [0.5, 0.6) is 5.75 Å². The lowest BCUT2D eigenvalue weighted by molar-refractivity contribution is -0.307. The average molecular weight is 303 g/mol. The molecule has 8 heteroatoms. The standard InChI is InChI=1S/C14H12N2O6/c1-16-13(20)9(12(19)15-14(16)21)6-8-4-2-3-5-10(8)22-7-11(17)18/h2-6H,7H2,1H3,(H,17,18)(H,15,19,21)/p-1/b9-6+. The summed E-state index contributed by atoms with van der Waals surface area (Å²) in [6, 6.07) is 5.43. The predicted octanol–water partition coefficient (Wildman–Crippen LogP) is -1.09. The molecule has 1 aromatic rings. The number of rotatable bonds is 4. The van der Waals surface area contributed by atoms with Gasteiger partial charge in [-0.25, -0.2) is 4.79 Å². The summed E-state index contributed by atoms with van der Waals surface area (Å²) in [6.07, 6.45) is 1.23. The van der Waals surface area contributed by atoms with Gasteiger partial charge in [0.05, 0.1) is 5.97 Å². The number of nitrogens with zero attached hydrogens (tertiary/aromatic N) is 1. The highest BCUT2D eigenvalue weighted by Gasteiger charge is 2.33. The van der Waals surface area contributed by atoms with Crippen LogP contribution in [0.1, 0.15) is 5.56 Å². The van der Waals surface area contributed by atoms with Gasteiger partial charge in [0.15, 0.2) is 0 Å². The van der Waals surface area contributed by atoms with Gasteiger partial charge in [0.2, 0.25) is 0 Å². The molecule has 0 saturated carbocycles. The van der Waals surface area contributed by atoms with Crippen molar-refractivity contribution in [1.29, 1.82) is 0 Å². The Morgan fingerprint density at radius 2 is 2.00 bits per heavy atom. The molecular weight excluding hydrogens is 292 g/mol. The van der Waals surface area contributed by atoms with Crippen molar-refractivity contribution >= 4 is 29.9 Å². The van der Waals surface area contributed by atoms with Crippen molar-refractivity contribution in [2.24, 2.45) is 0 Å². The average Bonchev–Trinajstić information content (AvgIpc) is 2.48. The summed E-state index contributed by atoms with van der Waals surface area (Å²) >= 11 is 0. The van der Waals surface area contributed by atoms with Gasteiger partial charge in [-0.15, -0.1) is 0 Å². The monoisotopic (exact) mass is 303 g/mol. The fraction of sp³-hybridized carbons (Fsp3) is 0.143. The first-order valence-corrected chi connectivity index (χ1v) is 6.17. The van der Waals surface area contributed by atoms with E-state index in [9.17, 15) is 24.3 Å². The summed E-state index contributed by atoms with van der Waals surface area (Å²) in [7, 11) is 1.23. The maximum Gasteiger partial charge on any atom is 0.331 e. The van der Waals surface area contributed by atoms with Gasteiger partial charge in [-0.1, -0.05) is 18.2 Å². The van der Waals surface area contributed by atoms with E-state index < -0.39 is 30.4 Å². The molecule has 1 aromatic carbocycles. The first-order chi connectivity index (χ1) is 10.4. The molecule has 2 rings (SSSR count). The molecule has 1 fully saturated rings. The number of hydrogen-bond acceptors (Lipinski definition) is 6. The molecule has 4 amide bonds. The Bertz CT molecular complexity index is 694. The lowest BCUT2D eigenvalue weighted by atomic mass is 10.1. The van der Waals surface area contributed by atoms with Crippen LogP contribution in [0, 0.1) is 0 Å². The molecule has 114 valence electrons. The Balaban J connectivity index is 2.36. The van der Waals surface area contributed by atoms with E-state index in [4.69, 9.17) is 4.74 Å². The number of urea groups is 1. The minimum atomic E-state index is -1.40. The van der Waals surface area contributed by atoms with Crippen LogP contribution in [0.3, 0.4) is 0 Å². The molecule has 1 N–H and O–H groups in total. The molecular formula is C14H11N2O6-. The number of carboxylic acids is 1. The highest BCUT2D eigenvalue weighted by atomic mass is 16.5. The molecule has 0 aromatic heterocycles. The SMILES string of the molecule is CN1C(=O)NC(=O)/C(=C\c2ccccc2OCC(=O)[O-])C1=O. The first kappa shape index (κ1) is 15.2. The largest absolute Gasteiger partial charge is 0.546 e. The molecule has 8 nitrogen and oxygen atoms in total. The third-order valence-corrected chi connectivity index (χ3v) is 2.87. The molecule has 0 spiro atoms. The highest BCUT2D eigenvalue weighted by Crippen LogP contribution is 2.22. The van der Waals surface area contributed by atoms with Crippen molar-refractivity contribution in [3.05, 3.63) is 35.4 Å². The summed E-state index contributed by atoms with van der Waals surface area (Å²) in [5, 5.41) is 12.5. The molecule has 1 heterocycles. The van der Waals surface area contributed by atoms with Crippen LogP contribution in [0.4, 0.5) is 4.79 Å². The lowest BCUT2D eigenvalue weighted by Crippen LogP contribution is -2.52. The van der Waals surface area contributed by atoms with Gasteiger partial charge in [0, 0.05) is 12.6 Å². The quantitative estimate of drug-likeness (QED) is 0.558. The maximum atomic E-state index is 12.0. The van der Waals surface area contributed by atoms with E-state index in [1.807, 2.05) is 5.32 Å². The number of barbiturate groups is 1. The van der Waals surface area contributed by atoms with E-state index in [1.165, 1.54) is 25.3 Å². The van der Waals surface area contributed by atoms with Gasteiger partial charge in [-0.3, -0.25) is 19.8 Å². The van der Waals surface area contributed by atoms with Crippen LogP contribution in [-0.4, -0.2) is 42.4 Å². The fourth-order valence-electron chi connectivity index (χ4n) is 1.77. The Morgan fingerprint density at radius 3 is 2.68 bits per heavy atom. The fourth-order valence-corrected chi connectivity index (χ4v) is 1.77. The Morgan fingerprint density at radius 1 is 1.32 bits per heavy atom. The summed E-state index contributed by atoms with van der Waals surface area (Å²) in [5.74, 6) is -2.83. The number of ether oxygens (including phenoxy) is 1. The number of imide groups is 2. The van der Waals surface area contributed by atoms with E-state index in [-0.39, 0.29) is 11.3 Å². The van der Waals surface area contributed by atoms with Crippen molar-refractivity contribution in [3.63, 3.8) is 0 Å². The van der Waals surface area contributed by atoms with Crippen LogP contribution >= 0.6 is 0 Å². The summed E-state index contributed by atoms with van der Waals surface area (Å²) < 4.78 is 5.03. The summed E-state index contributed by atoms with van der Waals surface area (Å²) in [4.78, 5) is 46.2. The van der Waals surface area contributed by atoms with Gasteiger partial charge in [0.25, 0.3) is 11.8 Å². The first-order valence-electron chi connectivity index (χ1n) is 6.17. The second kappa shape index (κ2) is 6.08. The third-order valence-electron chi connectivity index (χ3n) is 2.87. The van der Waals surface area contributed by atoms with Crippen molar-refractivity contribution in [2.45, 2.75) is 0 Å². The highest BCUT2D eigenvalue weighted by molar-refractivity contribution is 6.30. The topological polar surface area (TPSA) is 116 Å². The Labute approximate surface area is 125 Å². The van der Waals surface area contributed by atoms with Crippen LogP contribution in [-0.2, 0) is 14.4 Å². The zero-order chi connectivity index (χ0) is 16.3. The molecule has 0 atom stereocenters. The van der Waals surface area contributed by atoms with Crippen molar-refractivity contribution in [1.82, 2.24) is 10.2 Å². The van der Waals surface area contributed by atoms with E-state index in [0.29, 0.717) is 5.56 Å². The van der Waals surface area contributed by atoms with Crippen molar-refractivity contribution in [3.8, 4) is 5.75 Å². The molecule has 22 heavy (non-hydrogen) atoms.